The summed E-state index contributed by atoms with van der Waals surface area (Å²) in [6.45, 7) is 6.69. The lowest BCUT2D eigenvalue weighted by atomic mass is 9.99. The summed E-state index contributed by atoms with van der Waals surface area (Å²) in [5.74, 6) is 2.68. The molecular weight excluding hydrogens is 484 g/mol. The summed E-state index contributed by atoms with van der Waals surface area (Å²) >= 11 is 0. The van der Waals surface area contributed by atoms with Gasteiger partial charge in [0.15, 0.2) is 0 Å². The van der Waals surface area contributed by atoms with Crippen LogP contribution in [0.4, 0.5) is 0 Å². The topological polar surface area (TPSA) is 50.8 Å². The van der Waals surface area contributed by atoms with E-state index in [1.54, 1.807) is 0 Å². The van der Waals surface area contributed by atoms with Crippen LogP contribution in [0, 0.1) is 5.92 Å². The second-order valence-corrected chi connectivity index (χ2v) is 11.7. The molecule has 0 spiro atoms. The Labute approximate surface area is 232 Å². The highest BCUT2D eigenvalue weighted by molar-refractivity contribution is 5.94. The van der Waals surface area contributed by atoms with Gasteiger partial charge in [0.05, 0.1) is 6.61 Å². The highest BCUT2D eigenvalue weighted by atomic mass is 16.5. The Bertz CT molecular complexity index is 1320. The van der Waals surface area contributed by atoms with E-state index in [4.69, 9.17) is 9.47 Å². The molecule has 39 heavy (non-hydrogen) atoms. The fourth-order valence-electron chi connectivity index (χ4n) is 5.88. The first kappa shape index (κ1) is 25.9. The van der Waals surface area contributed by atoms with Gasteiger partial charge in [-0.3, -0.25) is 9.69 Å². The number of benzene rings is 3. The van der Waals surface area contributed by atoms with Crippen LogP contribution < -0.4 is 14.8 Å². The van der Waals surface area contributed by atoms with E-state index in [1.165, 1.54) is 48.9 Å². The van der Waals surface area contributed by atoms with Crippen molar-refractivity contribution < 1.29 is 14.3 Å². The second kappa shape index (κ2) is 11.8. The summed E-state index contributed by atoms with van der Waals surface area (Å²) in [5, 5.41) is 3.11. The molecule has 6 rings (SSSR count). The normalized spacial score (nSPS) is 19.7. The summed E-state index contributed by atoms with van der Waals surface area (Å²) in [6.07, 6.45) is 8.08. The van der Waals surface area contributed by atoms with Crippen LogP contribution in [0.25, 0.3) is 0 Å². The van der Waals surface area contributed by atoms with Crippen LogP contribution in [-0.2, 0) is 25.9 Å². The highest BCUT2D eigenvalue weighted by Crippen LogP contribution is 2.31. The van der Waals surface area contributed by atoms with Gasteiger partial charge in [-0.25, -0.2) is 0 Å². The van der Waals surface area contributed by atoms with Crippen molar-refractivity contribution in [2.75, 3.05) is 19.7 Å². The molecular formula is C34H40N2O3. The predicted octanol–water partition coefficient (Wildman–Crippen LogP) is 6.31. The lowest BCUT2D eigenvalue weighted by Crippen LogP contribution is -2.27. The molecule has 1 saturated carbocycles. The van der Waals surface area contributed by atoms with E-state index in [9.17, 15) is 4.79 Å². The number of fused-ring (bicyclic) bond motifs is 4. The molecule has 3 aromatic carbocycles. The average molecular weight is 525 g/mol. The van der Waals surface area contributed by atoms with Gasteiger partial charge < -0.3 is 14.8 Å². The number of ether oxygens (including phenoxy) is 2. The molecule has 1 atom stereocenters. The van der Waals surface area contributed by atoms with E-state index in [1.807, 2.05) is 30.3 Å². The maximum atomic E-state index is 13.2. The van der Waals surface area contributed by atoms with Gasteiger partial charge in [0.1, 0.15) is 17.6 Å². The Hall–Kier alpha value is -3.31. The number of hydrogen-bond donors (Lipinski definition) is 1. The molecule has 204 valence electrons. The number of nitrogens with zero attached hydrogens (tertiary/aromatic N) is 1. The Balaban J connectivity index is 1.17. The largest absolute Gasteiger partial charge is 0.493 e. The Kier molecular flexibility index (Phi) is 7.87. The fourth-order valence-corrected chi connectivity index (χ4v) is 5.88. The third-order valence-electron chi connectivity index (χ3n) is 8.12. The third kappa shape index (κ3) is 6.83. The minimum absolute atomic E-state index is 0.0632. The molecule has 2 aliphatic heterocycles. The molecule has 1 unspecified atom stereocenters. The van der Waals surface area contributed by atoms with Crippen molar-refractivity contribution in [2.45, 2.75) is 71.1 Å². The number of rotatable bonds is 5. The Morgan fingerprint density at radius 3 is 2.72 bits per heavy atom. The van der Waals surface area contributed by atoms with E-state index in [2.05, 4.69) is 47.5 Å². The first-order valence-corrected chi connectivity index (χ1v) is 14.7. The van der Waals surface area contributed by atoms with Crippen molar-refractivity contribution in [3.05, 3.63) is 94.0 Å². The van der Waals surface area contributed by atoms with Crippen molar-refractivity contribution in [1.82, 2.24) is 10.2 Å². The van der Waals surface area contributed by atoms with Crippen molar-refractivity contribution in [3.63, 3.8) is 0 Å². The van der Waals surface area contributed by atoms with Crippen molar-refractivity contribution >= 4 is 5.91 Å². The average Bonchev–Trinajstić information content (AvgIpc) is 3.67. The van der Waals surface area contributed by atoms with Crippen LogP contribution in [-0.4, -0.2) is 36.6 Å². The van der Waals surface area contributed by atoms with Gasteiger partial charge in [-0.2, -0.15) is 0 Å². The molecule has 0 saturated heterocycles. The van der Waals surface area contributed by atoms with E-state index in [-0.39, 0.29) is 12.0 Å². The lowest BCUT2D eigenvalue weighted by Gasteiger charge is -2.23. The smallest absolute Gasteiger partial charge is 0.251 e. The third-order valence-corrected chi connectivity index (χ3v) is 8.12. The first-order valence-electron chi connectivity index (χ1n) is 14.7. The molecule has 5 heteroatoms. The summed E-state index contributed by atoms with van der Waals surface area (Å²) in [7, 11) is 0. The van der Waals surface area contributed by atoms with Crippen LogP contribution in [0.2, 0.25) is 0 Å². The highest BCUT2D eigenvalue weighted by Gasteiger charge is 2.24. The van der Waals surface area contributed by atoms with Crippen LogP contribution in [0.3, 0.4) is 0 Å². The van der Waals surface area contributed by atoms with E-state index < -0.39 is 0 Å². The van der Waals surface area contributed by atoms with Crippen LogP contribution in [0.15, 0.2) is 60.7 Å². The molecule has 5 nitrogen and oxygen atoms in total. The lowest BCUT2D eigenvalue weighted by molar-refractivity contribution is 0.0950. The zero-order valence-electron chi connectivity index (χ0n) is 23.1. The number of amides is 1. The van der Waals surface area contributed by atoms with Gasteiger partial charge in [0.25, 0.3) is 5.91 Å². The molecule has 1 fully saturated rings. The van der Waals surface area contributed by atoms with E-state index >= 15 is 0 Å². The first-order chi connectivity index (χ1) is 19.1. The minimum Gasteiger partial charge on any atom is -0.493 e. The number of carbonyl (C=O) groups is 1. The quantitative estimate of drug-likeness (QED) is 0.425. The van der Waals surface area contributed by atoms with E-state index in [0.29, 0.717) is 18.7 Å². The standard InChI is InChI=1S/C34H40N2O3/c1-24-16-30-19-27(10-12-33(30)39-24)21-35-34(37)29-11-13-32-31(20-29)18-26-6-5-7-28(17-26)23-36(22-25-8-9-25)14-3-2-4-15-38-32/h5-7,10-13,17,19-20,24-25H,2-4,8-9,14-16,18,21-23H2,1H3,(H,35,37). The van der Waals surface area contributed by atoms with Crippen LogP contribution in [0.1, 0.15) is 77.2 Å². The maximum absolute atomic E-state index is 13.2. The minimum atomic E-state index is -0.0632. The summed E-state index contributed by atoms with van der Waals surface area (Å²) in [4.78, 5) is 15.8. The van der Waals surface area contributed by atoms with E-state index in [0.717, 1.165) is 60.9 Å². The van der Waals surface area contributed by atoms with Gasteiger partial charge in [-0.1, -0.05) is 36.4 Å². The second-order valence-electron chi connectivity index (χ2n) is 11.7. The summed E-state index contributed by atoms with van der Waals surface area (Å²) in [6, 6.07) is 21.0. The zero-order chi connectivity index (χ0) is 26.6. The van der Waals surface area contributed by atoms with Crippen molar-refractivity contribution in [3.8, 4) is 11.5 Å². The Morgan fingerprint density at radius 1 is 0.949 bits per heavy atom. The molecule has 0 radical (unpaired) electrons. The van der Waals surface area contributed by atoms with Crippen molar-refractivity contribution in [2.24, 2.45) is 5.92 Å². The van der Waals surface area contributed by atoms with Crippen LogP contribution in [0.5, 0.6) is 11.5 Å². The predicted molar refractivity (Wildman–Crippen MR) is 154 cm³/mol. The molecule has 1 amide bonds. The SMILES string of the molecule is CC1Cc2cc(CNC(=O)c3ccc4c(c3)Cc3cccc(c3)CN(CC3CC3)CCCCCO4)ccc2O1. The summed E-state index contributed by atoms with van der Waals surface area (Å²) in [5.41, 5.74) is 6.67. The zero-order valence-corrected chi connectivity index (χ0v) is 23.1. The molecule has 3 aliphatic rings. The number of hydrogen-bond acceptors (Lipinski definition) is 4. The molecule has 2 heterocycles. The number of carbonyl (C=O) groups excluding carboxylic acids is 1. The molecule has 3 aromatic rings. The molecule has 1 aliphatic carbocycles. The van der Waals surface area contributed by atoms with Gasteiger partial charge in [0, 0.05) is 38.0 Å². The maximum Gasteiger partial charge on any atom is 0.251 e. The fraction of sp³-hybridized carbons (Fsp3) is 0.441. The van der Waals surface area contributed by atoms with Gasteiger partial charge >= 0.3 is 0 Å². The van der Waals surface area contributed by atoms with Crippen molar-refractivity contribution in [1.29, 1.82) is 0 Å². The van der Waals surface area contributed by atoms with Gasteiger partial charge in [0.2, 0.25) is 0 Å². The monoisotopic (exact) mass is 524 g/mol. The molecule has 1 N–H and O–H groups in total. The number of nitrogens with one attached hydrogen (secondary N) is 1. The van der Waals surface area contributed by atoms with Gasteiger partial charge in [-0.05, 0) is 104 Å². The van der Waals surface area contributed by atoms with Gasteiger partial charge in [-0.15, -0.1) is 0 Å². The Morgan fingerprint density at radius 2 is 1.82 bits per heavy atom. The summed E-state index contributed by atoms with van der Waals surface area (Å²) < 4.78 is 12.1. The van der Waals surface area contributed by atoms with Crippen LogP contribution >= 0.6 is 0 Å². The molecule has 0 aromatic heterocycles. The molecule has 2 bridgehead atoms.